The Balaban J connectivity index is 2.82. The fourth-order valence-corrected chi connectivity index (χ4v) is 2.83. The number of nitrogen functional groups attached to an aromatic ring is 1. The van der Waals surface area contributed by atoms with Gasteiger partial charge in [0, 0.05) is 11.5 Å². The van der Waals surface area contributed by atoms with E-state index in [1.54, 1.807) is 0 Å². The molecule has 74 valence electrons. The van der Waals surface area contributed by atoms with Gasteiger partial charge in [0.15, 0.2) is 0 Å². The Bertz CT molecular complexity index is 371. The average molecular weight is 221 g/mol. The summed E-state index contributed by atoms with van der Waals surface area (Å²) in [7, 11) is -3.29. The van der Waals surface area contributed by atoms with Gasteiger partial charge in [-0.2, -0.15) is 9.36 Å². The number of anilines is 1. The van der Waals surface area contributed by atoms with Gasteiger partial charge >= 0.3 is 0 Å². The van der Waals surface area contributed by atoms with Gasteiger partial charge in [-0.05, 0) is 6.42 Å². The highest BCUT2D eigenvalue weighted by molar-refractivity contribution is 7.91. The van der Waals surface area contributed by atoms with Crippen molar-refractivity contribution in [2.24, 2.45) is 0 Å². The molecular formula is C6H11N3O2S2. The quantitative estimate of drug-likeness (QED) is 0.808. The molecule has 0 bridgehead atoms. The molecule has 0 aliphatic rings. The van der Waals surface area contributed by atoms with E-state index in [1.165, 1.54) is 0 Å². The van der Waals surface area contributed by atoms with Crippen LogP contribution in [0.2, 0.25) is 0 Å². The second-order valence-corrected chi connectivity index (χ2v) is 5.37. The summed E-state index contributed by atoms with van der Waals surface area (Å²) in [6.45, 7) is 1.93. The van der Waals surface area contributed by atoms with Crippen LogP contribution in [0, 0.1) is 0 Å². The topological polar surface area (TPSA) is 85.9 Å². The van der Waals surface area contributed by atoms with Crippen LogP contribution < -0.4 is 5.73 Å². The normalized spacial score (nSPS) is 11.8. The molecule has 1 rings (SSSR count). The maximum absolute atomic E-state index is 11.4. The molecule has 0 amide bonds. The highest BCUT2D eigenvalue weighted by atomic mass is 32.2. The predicted molar refractivity (Wildman–Crippen MR) is 51.3 cm³/mol. The Morgan fingerprint density at radius 3 is 2.69 bits per heavy atom. The number of sulfone groups is 1. The van der Waals surface area contributed by atoms with Crippen molar-refractivity contribution in [1.29, 1.82) is 0 Å². The van der Waals surface area contributed by atoms with Crippen LogP contribution in [-0.4, -0.2) is 23.5 Å². The molecule has 2 N–H and O–H groups in total. The summed E-state index contributed by atoms with van der Waals surface area (Å²) < 4.78 is 26.5. The molecule has 0 aliphatic heterocycles. The lowest BCUT2D eigenvalue weighted by Gasteiger charge is -1.96. The first-order chi connectivity index (χ1) is 6.06. The maximum Gasteiger partial charge on any atom is 0.260 e. The molecule has 0 aliphatic carbocycles. The fraction of sp³-hybridized carbons (Fsp3) is 0.667. The van der Waals surface area contributed by atoms with Crippen molar-refractivity contribution in [1.82, 2.24) is 9.36 Å². The minimum Gasteiger partial charge on any atom is -0.374 e. The van der Waals surface area contributed by atoms with Crippen LogP contribution in [-0.2, 0) is 9.84 Å². The summed E-state index contributed by atoms with van der Waals surface area (Å²) in [6, 6.07) is 0. The Morgan fingerprint density at radius 1 is 1.54 bits per heavy atom. The minimum absolute atomic E-state index is 0.0969. The van der Waals surface area contributed by atoms with Gasteiger partial charge in [-0.3, -0.25) is 0 Å². The fourth-order valence-electron chi connectivity index (χ4n) is 0.773. The van der Waals surface area contributed by atoms with E-state index in [1.807, 2.05) is 6.92 Å². The molecule has 13 heavy (non-hydrogen) atoms. The monoisotopic (exact) mass is 221 g/mol. The minimum atomic E-state index is -3.29. The summed E-state index contributed by atoms with van der Waals surface area (Å²) >= 11 is 0.902. The van der Waals surface area contributed by atoms with Gasteiger partial charge < -0.3 is 5.73 Å². The van der Waals surface area contributed by atoms with Gasteiger partial charge in [0.05, 0.1) is 5.75 Å². The lowest BCUT2D eigenvalue weighted by Crippen LogP contribution is -2.08. The van der Waals surface area contributed by atoms with Crippen LogP contribution in [0.1, 0.15) is 19.8 Å². The average Bonchev–Trinajstić information content (AvgIpc) is 2.49. The third kappa shape index (κ3) is 2.63. The van der Waals surface area contributed by atoms with E-state index in [0.29, 0.717) is 6.42 Å². The first-order valence-corrected chi connectivity index (χ1v) is 6.31. The van der Waals surface area contributed by atoms with E-state index in [9.17, 15) is 8.42 Å². The van der Waals surface area contributed by atoms with Crippen molar-refractivity contribution in [3.8, 4) is 0 Å². The number of nitrogens with two attached hydrogens (primary N) is 1. The Labute approximate surface area is 81.1 Å². The molecule has 0 unspecified atom stereocenters. The molecule has 1 aromatic rings. The molecule has 0 saturated heterocycles. The van der Waals surface area contributed by atoms with Crippen molar-refractivity contribution >= 4 is 26.5 Å². The molecule has 1 heterocycles. The zero-order valence-electron chi connectivity index (χ0n) is 7.23. The maximum atomic E-state index is 11.4. The Morgan fingerprint density at radius 2 is 2.23 bits per heavy atom. The van der Waals surface area contributed by atoms with Crippen molar-refractivity contribution in [2.75, 3.05) is 11.5 Å². The zero-order valence-corrected chi connectivity index (χ0v) is 8.86. The molecule has 0 radical (unpaired) electrons. The van der Waals surface area contributed by atoms with Crippen LogP contribution in [0.3, 0.4) is 0 Å². The standard InChI is InChI=1S/C6H11N3O2S2/c1-2-3-4-13(10,11)6-8-5(7)12-9-6/h2-4H2,1H3,(H2,7,8,9). The zero-order chi connectivity index (χ0) is 9.90. The lowest BCUT2D eigenvalue weighted by atomic mass is 10.4. The second kappa shape index (κ2) is 4.01. The van der Waals surface area contributed by atoms with Crippen LogP contribution in [0.25, 0.3) is 0 Å². The predicted octanol–water partition coefficient (Wildman–Crippen LogP) is 0.694. The van der Waals surface area contributed by atoms with Crippen molar-refractivity contribution in [2.45, 2.75) is 24.9 Å². The van der Waals surface area contributed by atoms with Crippen LogP contribution in [0.15, 0.2) is 5.16 Å². The number of rotatable bonds is 4. The highest BCUT2D eigenvalue weighted by Gasteiger charge is 2.18. The van der Waals surface area contributed by atoms with Gasteiger partial charge in [-0.15, -0.1) is 0 Å². The van der Waals surface area contributed by atoms with E-state index in [-0.39, 0.29) is 16.0 Å². The van der Waals surface area contributed by atoms with Gasteiger partial charge in [0.2, 0.25) is 15.0 Å². The van der Waals surface area contributed by atoms with Crippen LogP contribution in [0.4, 0.5) is 5.13 Å². The highest BCUT2D eigenvalue weighted by Crippen LogP contribution is 2.13. The van der Waals surface area contributed by atoms with E-state index in [0.717, 1.165) is 18.0 Å². The Hall–Kier alpha value is -0.690. The summed E-state index contributed by atoms with van der Waals surface area (Å²) in [5.41, 5.74) is 5.28. The summed E-state index contributed by atoms with van der Waals surface area (Å²) in [5, 5.41) is 0.0542. The summed E-state index contributed by atoms with van der Waals surface area (Å²) in [4.78, 5) is 3.63. The second-order valence-electron chi connectivity index (χ2n) is 2.59. The molecule has 7 heteroatoms. The van der Waals surface area contributed by atoms with Gasteiger partial charge in [-0.1, -0.05) is 13.3 Å². The number of unbranched alkanes of at least 4 members (excludes halogenated alkanes) is 1. The van der Waals surface area contributed by atoms with Gasteiger partial charge in [-0.25, -0.2) is 8.42 Å². The van der Waals surface area contributed by atoms with Crippen LogP contribution >= 0.6 is 11.5 Å². The SMILES string of the molecule is CCCCS(=O)(=O)c1nsc(N)n1. The van der Waals surface area contributed by atoms with E-state index >= 15 is 0 Å². The smallest absolute Gasteiger partial charge is 0.260 e. The molecule has 0 fully saturated rings. The molecule has 1 aromatic heterocycles. The molecule has 0 saturated carbocycles. The van der Waals surface area contributed by atoms with E-state index in [2.05, 4.69) is 9.36 Å². The largest absolute Gasteiger partial charge is 0.374 e. The number of hydrogen-bond donors (Lipinski definition) is 1. The number of aromatic nitrogens is 2. The number of hydrogen-bond acceptors (Lipinski definition) is 6. The number of nitrogens with zero attached hydrogens (tertiary/aromatic N) is 2. The molecule has 0 atom stereocenters. The van der Waals surface area contributed by atoms with Crippen molar-refractivity contribution in [3.05, 3.63) is 0 Å². The molecule has 0 aromatic carbocycles. The van der Waals surface area contributed by atoms with Crippen molar-refractivity contribution < 1.29 is 8.42 Å². The summed E-state index contributed by atoms with van der Waals surface area (Å²) in [6.07, 6.45) is 1.46. The molecule has 0 spiro atoms. The first kappa shape index (κ1) is 10.4. The molecule has 5 nitrogen and oxygen atoms in total. The lowest BCUT2D eigenvalue weighted by molar-refractivity contribution is 0.586. The Kier molecular flexibility index (Phi) is 3.21. The van der Waals surface area contributed by atoms with Crippen molar-refractivity contribution in [3.63, 3.8) is 0 Å². The third-order valence-corrected chi connectivity index (χ3v) is 3.69. The van der Waals surface area contributed by atoms with E-state index < -0.39 is 9.84 Å². The summed E-state index contributed by atoms with van der Waals surface area (Å²) in [5.74, 6) is 0.0969. The van der Waals surface area contributed by atoms with Gasteiger partial charge in [0.1, 0.15) is 0 Å². The molecular weight excluding hydrogens is 210 g/mol. The van der Waals surface area contributed by atoms with Crippen LogP contribution in [0.5, 0.6) is 0 Å². The van der Waals surface area contributed by atoms with Gasteiger partial charge in [0.25, 0.3) is 5.16 Å². The van der Waals surface area contributed by atoms with E-state index in [4.69, 9.17) is 5.73 Å². The third-order valence-electron chi connectivity index (χ3n) is 1.47. The first-order valence-electron chi connectivity index (χ1n) is 3.88.